The van der Waals surface area contributed by atoms with Crippen LogP contribution in [0.3, 0.4) is 0 Å². The summed E-state index contributed by atoms with van der Waals surface area (Å²) in [6, 6.07) is 5.19. The summed E-state index contributed by atoms with van der Waals surface area (Å²) in [6.45, 7) is 4.22. The van der Waals surface area contributed by atoms with Crippen LogP contribution in [0.5, 0.6) is 0 Å². The third-order valence-corrected chi connectivity index (χ3v) is 6.26. The number of benzene rings is 1. The number of nitrogens with zero attached hydrogens (tertiary/aromatic N) is 1. The van der Waals surface area contributed by atoms with Gasteiger partial charge in [-0.05, 0) is 30.7 Å². The van der Waals surface area contributed by atoms with E-state index in [0.717, 1.165) is 28.8 Å². The summed E-state index contributed by atoms with van der Waals surface area (Å²) < 4.78 is 17.0. The predicted molar refractivity (Wildman–Crippen MR) is 102 cm³/mol. The van der Waals surface area contributed by atoms with E-state index in [1.54, 1.807) is 30.4 Å². The van der Waals surface area contributed by atoms with Crippen molar-refractivity contribution >= 4 is 45.4 Å². The Morgan fingerprint density at radius 2 is 1.83 bits per heavy atom. The van der Waals surface area contributed by atoms with Gasteiger partial charge in [-0.2, -0.15) is 0 Å². The van der Waals surface area contributed by atoms with Crippen molar-refractivity contribution in [2.75, 3.05) is 4.90 Å². The van der Waals surface area contributed by atoms with Crippen molar-refractivity contribution in [2.24, 2.45) is 11.8 Å². The summed E-state index contributed by atoms with van der Waals surface area (Å²) >= 11 is 3.42. The highest BCUT2D eigenvalue weighted by molar-refractivity contribution is 9.10. The van der Waals surface area contributed by atoms with E-state index in [0.29, 0.717) is 5.69 Å². The Kier molecular flexibility index (Phi) is 4.62. The summed E-state index contributed by atoms with van der Waals surface area (Å²) in [7, 11) is 0. The Morgan fingerprint density at radius 3 is 2.41 bits per heavy atom. The average molecular weight is 464 g/mol. The lowest BCUT2D eigenvalue weighted by Crippen LogP contribution is -2.52. The largest absolute Gasteiger partial charge is 0.422 e. The second kappa shape index (κ2) is 6.77. The van der Waals surface area contributed by atoms with Crippen molar-refractivity contribution in [1.82, 2.24) is 0 Å². The molecule has 2 amide bonds. The van der Waals surface area contributed by atoms with Gasteiger partial charge in [0.05, 0.1) is 23.6 Å². The number of hydrogen-bond acceptors (Lipinski definition) is 7. The van der Waals surface area contributed by atoms with E-state index >= 15 is 0 Å². The van der Waals surface area contributed by atoms with E-state index in [1.807, 2.05) is 6.92 Å². The third-order valence-electron chi connectivity index (χ3n) is 5.41. The van der Waals surface area contributed by atoms with Crippen LogP contribution >= 0.6 is 15.9 Å². The number of amides is 2. The highest BCUT2D eigenvalue weighted by atomic mass is 79.9. The van der Waals surface area contributed by atoms with Gasteiger partial charge in [-0.15, -0.1) is 0 Å². The fraction of sp³-hybridized carbons (Fsp3) is 0.400. The lowest BCUT2D eigenvalue weighted by Gasteiger charge is -2.34. The van der Waals surface area contributed by atoms with Gasteiger partial charge in [-0.25, -0.2) is 4.90 Å². The number of carbonyl (C=O) groups excluding carboxylic acids is 4. The molecule has 3 aliphatic heterocycles. The lowest BCUT2D eigenvalue weighted by atomic mass is 9.76. The number of halogens is 1. The molecule has 2 fully saturated rings. The summed E-state index contributed by atoms with van der Waals surface area (Å²) in [5, 5.41) is 0. The SMILES string of the molecule is CC(=O)OC(OC(C)=O)[C@@]12C=C[C@H](O1)[C@H]1C(=O)N(c3ccc(C)c(Br)c3)C(=O)[C@H]12. The minimum Gasteiger partial charge on any atom is -0.422 e. The van der Waals surface area contributed by atoms with Crippen LogP contribution in [0, 0.1) is 18.8 Å². The number of rotatable bonds is 4. The molecule has 8 nitrogen and oxygen atoms in total. The number of esters is 2. The highest BCUT2D eigenvalue weighted by Gasteiger charge is 2.72. The molecule has 0 N–H and O–H groups in total. The summed E-state index contributed by atoms with van der Waals surface area (Å²) in [4.78, 5) is 50.8. The fourth-order valence-electron chi connectivity index (χ4n) is 4.19. The Morgan fingerprint density at radius 1 is 1.17 bits per heavy atom. The molecule has 1 aromatic carbocycles. The maximum absolute atomic E-state index is 13.4. The monoisotopic (exact) mass is 463 g/mol. The molecule has 0 unspecified atom stereocenters. The van der Waals surface area contributed by atoms with Gasteiger partial charge in [0.15, 0.2) is 5.60 Å². The fourth-order valence-corrected chi connectivity index (χ4v) is 4.56. The average Bonchev–Trinajstić information content (AvgIpc) is 3.28. The molecule has 0 aliphatic carbocycles. The van der Waals surface area contributed by atoms with Gasteiger partial charge >= 0.3 is 11.9 Å². The van der Waals surface area contributed by atoms with Gasteiger partial charge < -0.3 is 14.2 Å². The minimum atomic E-state index is -1.55. The second-order valence-electron chi connectivity index (χ2n) is 7.29. The van der Waals surface area contributed by atoms with Crippen molar-refractivity contribution in [1.29, 1.82) is 0 Å². The third kappa shape index (κ3) is 2.91. The number of imide groups is 1. The molecule has 0 spiro atoms. The quantitative estimate of drug-likeness (QED) is 0.291. The molecule has 4 rings (SSSR count). The summed E-state index contributed by atoms with van der Waals surface area (Å²) in [6.07, 6.45) is 1.04. The topological polar surface area (TPSA) is 99.2 Å². The van der Waals surface area contributed by atoms with Gasteiger partial charge in [0.1, 0.15) is 0 Å². The van der Waals surface area contributed by atoms with E-state index < -0.39 is 53.6 Å². The first kappa shape index (κ1) is 19.8. The van der Waals surface area contributed by atoms with E-state index in [9.17, 15) is 19.2 Å². The Bertz CT molecular complexity index is 958. The first-order chi connectivity index (χ1) is 13.7. The van der Waals surface area contributed by atoms with Crippen molar-refractivity contribution in [3.63, 3.8) is 0 Å². The van der Waals surface area contributed by atoms with Crippen molar-refractivity contribution in [3.8, 4) is 0 Å². The summed E-state index contributed by atoms with van der Waals surface area (Å²) in [5.74, 6) is -4.07. The van der Waals surface area contributed by atoms with Crippen LogP contribution in [-0.2, 0) is 33.4 Å². The molecular weight excluding hydrogens is 446 g/mol. The number of anilines is 1. The molecule has 2 saturated heterocycles. The van der Waals surface area contributed by atoms with Crippen LogP contribution in [0.25, 0.3) is 0 Å². The number of hydrogen-bond donors (Lipinski definition) is 0. The Hall–Kier alpha value is -2.52. The van der Waals surface area contributed by atoms with E-state index in [1.165, 1.54) is 0 Å². The lowest BCUT2D eigenvalue weighted by molar-refractivity contribution is -0.226. The van der Waals surface area contributed by atoms with E-state index in [4.69, 9.17) is 14.2 Å². The highest BCUT2D eigenvalue weighted by Crippen LogP contribution is 2.54. The molecular formula is C20H18BrNO7. The molecule has 1 aromatic rings. The molecule has 152 valence electrons. The first-order valence-corrected chi connectivity index (χ1v) is 9.80. The number of aryl methyl sites for hydroxylation is 1. The van der Waals surface area contributed by atoms with Crippen LogP contribution in [-0.4, -0.2) is 41.7 Å². The van der Waals surface area contributed by atoms with Gasteiger partial charge in [-0.3, -0.25) is 19.2 Å². The first-order valence-electron chi connectivity index (χ1n) is 9.01. The maximum Gasteiger partial charge on any atom is 0.305 e. The van der Waals surface area contributed by atoms with Crippen LogP contribution in [0.1, 0.15) is 19.4 Å². The standard InChI is InChI=1S/C20H18BrNO7/c1-9-4-5-12(8-13(9)21)22-17(25)15-14-6-7-20(29-14,16(15)18(22)26)19(27-10(2)23)28-11(3)24/h4-8,14-16,19H,1-3H3/t14-,15+,16-,20-/m0/s1. The smallest absolute Gasteiger partial charge is 0.305 e. The van der Waals surface area contributed by atoms with Gasteiger partial charge in [0, 0.05) is 18.3 Å². The zero-order valence-corrected chi connectivity index (χ0v) is 17.5. The molecule has 9 heteroatoms. The second-order valence-corrected chi connectivity index (χ2v) is 8.15. The predicted octanol–water partition coefficient (Wildman–Crippen LogP) is 2.02. The number of fused-ring (bicyclic) bond motifs is 5. The van der Waals surface area contributed by atoms with Gasteiger partial charge in [-0.1, -0.05) is 28.1 Å². The molecule has 3 heterocycles. The maximum atomic E-state index is 13.4. The van der Waals surface area contributed by atoms with Crippen LogP contribution in [0.4, 0.5) is 5.69 Å². The molecule has 29 heavy (non-hydrogen) atoms. The van der Waals surface area contributed by atoms with Crippen molar-refractivity contribution < 1.29 is 33.4 Å². The molecule has 2 bridgehead atoms. The Labute approximate surface area is 174 Å². The molecule has 3 aliphatic rings. The van der Waals surface area contributed by atoms with Crippen LogP contribution in [0.2, 0.25) is 0 Å². The van der Waals surface area contributed by atoms with E-state index in [-0.39, 0.29) is 0 Å². The van der Waals surface area contributed by atoms with Crippen molar-refractivity contribution in [2.45, 2.75) is 38.8 Å². The number of ether oxygens (including phenoxy) is 3. The summed E-state index contributed by atoms with van der Waals surface area (Å²) in [5.41, 5.74) is -0.159. The van der Waals surface area contributed by atoms with E-state index in [2.05, 4.69) is 15.9 Å². The van der Waals surface area contributed by atoms with Gasteiger partial charge in [0.25, 0.3) is 6.29 Å². The minimum absolute atomic E-state index is 0.406. The number of carbonyl (C=O) groups is 4. The van der Waals surface area contributed by atoms with Gasteiger partial charge in [0.2, 0.25) is 11.8 Å². The molecule has 0 radical (unpaired) electrons. The molecule has 0 aromatic heterocycles. The molecule has 0 saturated carbocycles. The van der Waals surface area contributed by atoms with Crippen LogP contribution in [0.15, 0.2) is 34.8 Å². The van der Waals surface area contributed by atoms with Crippen molar-refractivity contribution in [3.05, 3.63) is 40.4 Å². The Balaban J connectivity index is 1.75. The molecule has 4 atom stereocenters. The van der Waals surface area contributed by atoms with Crippen LogP contribution < -0.4 is 4.90 Å². The normalized spacial score (nSPS) is 29.6. The zero-order chi connectivity index (χ0) is 21.1. The zero-order valence-electron chi connectivity index (χ0n) is 15.9.